The van der Waals surface area contributed by atoms with E-state index in [2.05, 4.69) is 11.4 Å². The summed E-state index contributed by atoms with van der Waals surface area (Å²) >= 11 is 6.08. The second-order valence-electron chi connectivity index (χ2n) is 7.35. The molecule has 0 fully saturated rings. The third kappa shape index (κ3) is 5.38. The van der Waals surface area contributed by atoms with Gasteiger partial charge in [-0.1, -0.05) is 41.9 Å². The van der Waals surface area contributed by atoms with E-state index in [1.807, 2.05) is 43.3 Å². The Balaban J connectivity index is 1.55. The van der Waals surface area contributed by atoms with Crippen molar-refractivity contribution >= 4 is 34.0 Å². The van der Waals surface area contributed by atoms with Crippen LogP contribution in [0.4, 0.5) is 5.69 Å². The zero-order valence-electron chi connectivity index (χ0n) is 18.4. The third-order valence-corrected chi connectivity index (χ3v) is 5.38. The van der Waals surface area contributed by atoms with Gasteiger partial charge in [0.1, 0.15) is 23.9 Å². The fourth-order valence-electron chi connectivity index (χ4n) is 3.52. The lowest BCUT2D eigenvalue weighted by molar-refractivity contribution is 0.102. The number of hydrogen-bond donors (Lipinski definition) is 1. The highest BCUT2D eigenvalue weighted by Gasteiger charge is 2.14. The Kier molecular flexibility index (Phi) is 7.01. The lowest BCUT2D eigenvalue weighted by atomic mass is 10.1. The van der Waals surface area contributed by atoms with Gasteiger partial charge in [-0.3, -0.25) is 4.79 Å². The monoisotopic (exact) mass is 461 g/mol. The highest BCUT2D eigenvalue weighted by atomic mass is 35.5. The first-order valence-electron chi connectivity index (χ1n) is 10.6. The molecule has 5 nitrogen and oxygen atoms in total. The minimum absolute atomic E-state index is 0.259. The molecule has 0 aliphatic carbocycles. The highest BCUT2D eigenvalue weighted by molar-refractivity contribution is 6.31. The van der Waals surface area contributed by atoms with Crippen molar-refractivity contribution in [1.29, 1.82) is 0 Å². The van der Waals surface area contributed by atoms with Crippen LogP contribution in [-0.4, -0.2) is 19.6 Å². The first kappa shape index (κ1) is 22.5. The first-order valence-corrected chi connectivity index (χ1v) is 11.0. The summed E-state index contributed by atoms with van der Waals surface area (Å²) in [7, 11) is 1.54. The van der Waals surface area contributed by atoms with Crippen molar-refractivity contribution in [3.8, 4) is 17.2 Å². The molecule has 0 spiro atoms. The molecule has 1 N–H and O–H groups in total. The maximum absolute atomic E-state index is 12.9. The van der Waals surface area contributed by atoms with E-state index in [-0.39, 0.29) is 12.5 Å². The van der Waals surface area contributed by atoms with E-state index < -0.39 is 0 Å². The molecule has 0 aliphatic heterocycles. The number of methoxy groups -OCH3 is 1. The molecule has 4 aromatic carbocycles. The quantitative estimate of drug-likeness (QED) is 0.316. The normalized spacial score (nSPS) is 10.6. The predicted molar refractivity (Wildman–Crippen MR) is 132 cm³/mol. The topological polar surface area (TPSA) is 56.8 Å². The van der Waals surface area contributed by atoms with Crippen molar-refractivity contribution in [3.63, 3.8) is 0 Å². The second kappa shape index (κ2) is 10.3. The summed E-state index contributed by atoms with van der Waals surface area (Å²) in [4.78, 5) is 12.9. The standard InChI is InChI=1S/C27H24ClNO4/c1-3-32-25-12-9-20(27(30)29-24-16-22(28)10-13-26(24)31-2)14-21(25)17-33-23-11-8-18-6-4-5-7-19(18)15-23/h4-16H,3,17H2,1-2H3,(H,29,30). The Labute approximate surface area is 197 Å². The molecule has 4 rings (SSSR count). The molecule has 0 saturated heterocycles. The van der Waals surface area contributed by atoms with Gasteiger partial charge in [0.2, 0.25) is 0 Å². The van der Waals surface area contributed by atoms with Gasteiger partial charge >= 0.3 is 0 Å². The SMILES string of the molecule is CCOc1ccc(C(=O)Nc2cc(Cl)ccc2OC)cc1COc1ccc2ccccc2c1. The van der Waals surface area contributed by atoms with E-state index in [0.717, 1.165) is 22.1 Å². The summed E-state index contributed by atoms with van der Waals surface area (Å²) in [6.07, 6.45) is 0. The van der Waals surface area contributed by atoms with Crippen LogP contribution in [-0.2, 0) is 6.61 Å². The van der Waals surface area contributed by atoms with Crippen LogP contribution in [0.1, 0.15) is 22.8 Å². The van der Waals surface area contributed by atoms with E-state index in [1.54, 1.807) is 36.4 Å². The Bertz CT molecular complexity index is 1290. The fourth-order valence-corrected chi connectivity index (χ4v) is 3.69. The van der Waals surface area contributed by atoms with Crippen LogP contribution < -0.4 is 19.5 Å². The van der Waals surface area contributed by atoms with Gasteiger partial charge in [0.05, 0.1) is 19.4 Å². The maximum atomic E-state index is 12.9. The molecule has 4 aromatic rings. The number of hydrogen-bond acceptors (Lipinski definition) is 4. The number of carbonyl (C=O) groups is 1. The molecule has 6 heteroatoms. The van der Waals surface area contributed by atoms with Gasteiger partial charge in [-0.25, -0.2) is 0 Å². The minimum atomic E-state index is -0.287. The number of halogens is 1. The second-order valence-corrected chi connectivity index (χ2v) is 7.79. The van der Waals surface area contributed by atoms with Gasteiger partial charge in [0.15, 0.2) is 0 Å². The summed E-state index contributed by atoms with van der Waals surface area (Å²) in [5, 5.41) is 5.61. The van der Waals surface area contributed by atoms with Crippen molar-refractivity contribution in [1.82, 2.24) is 0 Å². The molecule has 0 radical (unpaired) electrons. The van der Waals surface area contributed by atoms with E-state index in [1.165, 1.54) is 7.11 Å². The van der Waals surface area contributed by atoms with Crippen LogP contribution >= 0.6 is 11.6 Å². The number of rotatable bonds is 8. The Morgan fingerprint density at radius 2 is 1.67 bits per heavy atom. The molecule has 33 heavy (non-hydrogen) atoms. The van der Waals surface area contributed by atoms with Crippen LogP contribution in [0.5, 0.6) is 17.2 Å². The van der Waals surface area contributed by atoms with Gasteiger partial charge in [-0.05, 0) is 66.2 Å². The van der Waals surface area contributed by atoms with E-state index in [0.29, 0.717) is 34.4 Å². The average molecular weight is 462 g/mol. The molecule has 0 saturated carbocycles. The third-order valence-electron chi connectivity index (χ3n) is 5.15. The predicted octanol–water partition coefficient (Wildman–Crippen LogP) is 6.73. The molecular formula is C27H24ClNO4. The number of carbonyl (C=O) groups excluding carboxylic acids is 1. The Morgan fingerprint density at radius 3 is 2.45 bits per heavy atom. The zero-order valence-corrected chi connectivity index (χ0v) is 19.2. The summed E-state index contributed by atoms with van der Waals surface area (Å²) in [5.74, 6) is 1.66. The maximum Gasteiger partial charge on any atom is 0.255 e. The molecule has 0 aromatic heterocycles. The number of nitrogens with one attached hydrogen (secondary N) is 1. The van der Waals surface area contributed by atoms with Crippen molar-refractivity contribution in [2.75, 3.05) is 19.0 Å². The van der Waals surface area contributed by atoms with Crippen molar-refractivity contribution < 1.29 is 19.0 Å². The van der Waals surface area contributed by atoms with Crippen molar-refractivity contribution in [3.05, 3.63) is 95.0 Å². The van der Waals surface area contributed by atoms with Crippen LogP contribution in [0, 0.1) is 0 Å². The van der Waals surface area contributed by atoms with Crippen LogP contribution in [0.2, 0.25) is 5.02 Å². The number of amides is 1. The summed E-state index contributed by atoms with van der Waals surface area (Å²) < 4.78 is 17.1. The smallest absolute Gasteiger partial charge is 0.255 e. The molecule has 1 amide bonds. The van der Waals surface area contributed by atoms with Crippen molar-refractivity contribution in [2.45, 2.75) is 13.5 Å². The molecule has 168 valence electrons. The zero-order chi connectivity index (χ0) is 23.2. The van der Waals surface area contributed by atoms with E-state index in [4.69, 9.17) is 25.8 Å². The van der Waals surface area contributed by atoms with E-state index >= 15 is 0 Å². The Hall–Kier alpha value is -3.70. The average Bonchev–Trinajstić information content (AvgIpc) is 2.83. The lowest BCUT2D eigenvalue weighted by Crippen LogP contribution is -2.13. The molecule has 0 atom stereocenters. The molecule has 0 bridgehead atoms. The van der Waals surface area contributed by atoms with E-state index in [9.17, 15) is 4.79 Å². The fraction of sp³-hybridized carbons (Fsp3) is 0.148. The minimum Gasteiger partial charge on any atom is -0.495 e. The molecule has 0 aliphatic rings. The van der Waals surface area contributed by atoms with Crippen LogP contribution in [0.25, 0.3) is 10.8 Å². The summed E-state index contributed by atoms with van der Waals surface area (Å²) in [6.45, 7) is 2.68. The molecule has 0 unspecified atom stereocenters. The van der Waals surface area contributed by atoms with Crippen LogP contribution in [0.3, 0.4) is 0 Å². The molecular weight excluding hydrogens is 438 g/mol. The van der Waals surface area contributed by atoms with Gasteiger partial charge in [0.25, 0.3) is 5.91 Å². The Morgan fingerprint density at radius 1 is 0.879 bits per heavy atom. The molecule has 0 heterocycles. The number of benzene rings is 4. The number of anilines is 1. The largest absolute Gasteiger partial charge is 0.495 e. The first-order chi connectivity index (χ1) is 16.1. The summed E-state index contributed by atoms with van der Waals surface area (Å²) in [5.41, 5.74) is 1.74. The van der Waals surface area contributed by atoms with Crippen molar-refractivity contribution in [2.24, 2.45) is 0 Å². The highest BCUT2D eigenvalue weighted by Crippen LogP contribution is 2.29. The number of ether oxygens (including phenoxy) is 3. The summed E-state index contributed by atoms with van der Waals surface area (Å²) in [6, 6.07) is 24.4. The number of fused-ring (bicyclic) bond motifs is 1. The van der Waals surface area contributed by atoms with Gasteiger partial charge < -0.3 is 19.5 Å². The van der Waals surface area contributed by atoms with Gasteiger partial charge in [-0.15, -0.1) is 0 Å². The lowest BCUT2D eigenvalue weighted by Gasteiger charge is -2.14. The van der Waals surface area contributed by atoms with Crippen LogP contribution in [0.15, 0.2) is 78.9 Å². The van der Waals surface area contributed by atoms with Gasteiger partial charge in [0, 0.05) is 16.1 Å². The van der Waals surface area contributed by atoms with Gasteiger partial charge in [-0.2, -0.15) is 0 Å².